The number of esters is 1. The summed E-state index contributed by atoms with van der Waals surface area (Å²) in [5, 5.41) is 3.48. The largest absolute Gasteiger partial charge is 0.463 e. The molecule has 4 heteroatoms. The average Bonchev–Trinajstić information content (AvgIpc) is 3.11. The zero-order valence-corrected chi connectivity index (χ0v) is 11.4. The van der Waals surface area contributed by atoms with Crippen molar-refractivity contribution in [3.8, 4) is 0 Å². The van der Waals surface area contributed by atoms with Gasteiger partial charge in [0.1, 0.15) is 5.76 Å². The maximum absolute atomic E-state index is 11.3. The highest BCUT2D eigenvalue weighted by Crippen LogP contribution is 2.30. The third kappa shape index (κ3) is 2.47. The van der Waals surface area contributed by atoms with Crippen molar-refractivity contribution < 1.29 is 13.9 Å². The number of hydrogen-bond donors (Lipinski definition) is 1. The molecule has 4 nitrogen and oxygen atoms in total. The van der Waals surface area contributed by atoms with Crippen molar-refractivity contribution in [1.82, 2.24) is 5.32 Å². The van der Waals surface area contributed by atoms with E-state index in [-0.39, 0.29) is 5.76 Å². The van der Waals surface area contributed by atoms with Crippen LogP contribution >= 0.6 is 0 Å². The van der Waals surface area contributed by atoms with Gasteiger partial charge in [0, 0.05) is 6.04 Å². The van der Waals surface area contributed by atoms with Gasteiger partial charge in [0.05, 0.1) is 13.7 Å². The molecule has 0 bridgehead atoms. The smallest absolute Gasteiger partial charge is 0.373 e. The first-order valence-electron chi connectivity index (χ1n) is 6.76. The molecule has 0 fully saturated rings. The number of methoxy groups -OCH3 is 1. The van der Waals surface area contributed by atoms with Crippen molar-refractivity contribution in [2.75, 3.05) is 7.11 Å². The molecule has 0 aliphatic heterocycles. The lowest BCUT2D eigenvalue weighted by Crippen LogP contribution is -2.18. The van der Waals surface area contributed by atoms with E-state index < -0.39 is 5.97 Å². The summed E-state index contributed by atoms with van der Waals surface area (Å²) in [6.07, 6.45) is 2.21. The predicted molar refractivity (Wildman–Crippen MR) is 74.4 cm³/mol. The third-order valence-corrected chi connectivity index (χ3v) is 3.70. The van der Waals surface area contributed by atoms with E-state index in [9.17, 15) is 4.79 Å². The number of nitrogens with one attached hydrogen (secondary N) is 1. The van der Waals surface area contributed by atoms with E-state index in [0.717, 1.165) is 18.6 Å². The zero-order valence-electron chi connectivity index (χ0n) is 11.4. The van der Waals surface area contributed by atoms with Crippen LogP contribution in [0.25, 0.3) is 0 Å². The average molecular weight is 271 g/mol. The highest BCUT2D eigenvalue weighted by Gasteiger charge is 2.21. The van der Waals surface area contributed by atoms with Gasteiger partial charge in [-0.2, -0.15) is 0 Å². The predicted octanol–water partition coefficient (Wildman–Crippen LogP) is 2.84. The molecule has 1 unspecified atom stereocenters. The molecule has 0 saturated carbocycles. The molecular weight excluding hydrogens is 254 g/mol. The van der Waals surface area contributed by atoms with Crippen molar-refractivity contribution >= 4 is 5.97 Å². The van der Waals surface area contributed by atoms with Gasteiger partial charge in [-0.05, 0) is 36.1 Å². The first kappa shape index (κ1) is 12.9. The van der Waals surface area contributed by atoms with Crippen LogP contribution in [0.3, 0.4) is 0 Å². The van der Waals surface area contributed by atoms with E-state index in [2.05, 4.69) is 34.3 Å². The van der Waals surface area contributed by atoms with Crippen molar-refractivity contribution in [2.24, 2.45) is 0 Å². The van der Waals surface area contributed by atoms with Crippen LogP contribution < -0.4 is 5.32 Å². The Morgan fingerprint density at radius 3 is 3.05 bits per heavy atom. The lowest BCUT2D eigenvalue weighted by Gasteiger charge is -2.12. The quantitative estimate of drug-likeness (QED) is 0.869. The molecule has 1 aromatic heterocycles. The zero-order chi connectivity index (χ0) is 13.9. The maximum Gasteiger partial charge on any atom is 0.373 e. The molecule has 0 saturated heterocycles. The van der Waals surface area contributed by atoms with Gasteiger partial charge in [0.2, 0.25) is 5.76 Å². The fourth-order valence-corrected chi connectivity index (χ4v) is 2.68. The molecule has 1 aromatic carbocycles. The van der Waals surface area contributed by atoms with Gasteiger partial charge in [-0.25, -0.2) is 4.79 Å². The first-order chi connectivity index (χ1) is 9.78. The number of rotatable bonds is 4. The molecule has 20 heavy (non-hydrogen) atoms. The highest BCUT2D eigenvalue weighted by atomic mass is 16.5. The second-order valence-electron chi connectivity index (χ2n) is 4.93. The van der Waals surface area contributed by atoms with Crippen LogP contribution in [0.15, 0.2) is 40.8 Å². The monoisotopic (exact) mass is 271 g/mol. The van der Waals surface area contributed by atoms with Gasteiger partial charge >= 0.3 is 5.97 Å². The molecule has 0 spiro atoms. The fraction of sp³-hybridized carbons (Fsp3) is 0.312. The van der Waals surface area contributed by atoms with Crippen LogP contribution in [0.1, 0.15) is 39.9 Å². The summed E-state index contributed by atoms with van der Waals surface area (Å²) in [4.78, 5) is 11.3. The Bertz CT molecular complexity index is 618. The van der Waals surface area contributed by atoms with Gasteiger partial charge in [0.15, 0.2) is 0 Å². The van der Waals surface area contributed by atoms with Crippen LogP contribution in [0.4, 0.5) is 0 Å². The van der Waals surface area contributed by atoms with E-state index in [1.807, 2.05) is 0 Å². The minimum atomic E-state index is -0.442. The Hall–Kier alpha value is -2.07. The summed E-state index contributed by atoms with van der Waals surface area (Å²) < 4.78 is 10.1. The summed E-state index contributed by atoms with van der Waals surface area (Å²) in [7, 11) is 1.35. The Morgan fingerprint density at radius 2 is 2.20 bits per heavy atom. The molecule has 1 atom stereocenters. The molecule has 0 amide bonds. The lowest BCUT2D eigenvalue weighted by molar-refractivity contribution is 0.0563. The third-order valence-electron chi connectivity index (χ3n) is 3.70. The second-order valence-corrected chi connectivity index (χ2v) is 4.93. The van der Waals surface area contributed by atoms with Crippen molar-refractivity contribution in [1.29, 1.82) is 0 Å². The topological polar surface area (TPSA) is 51.5 Å². The van der Waals surface area contributed by atoms with Crippen molar-refractivity contribution in [3.05, 3.63) is 59.0 Å². The molecular formula is C16H17NO3. The highest BCUT2D eigenvalue weighted by molar-refractivity contribution is 5.86. The van der Waals surface area contributed by atoms with Crippen LogP contribution in [0.5, 0.6) is 0 Å². The van der Waals surface area contributed by atoms with E-state index in [4.69, 9.17) is 4.42 Å². The Kier molecular flexibility index (Phi) is 3.56. The number of fused-ring (bicyclic) bond motifs is 1. The number of benzene rings is 1. The maximum atomic E-state index is 11.3. The molecule has 1 aliphatic carbocycles. The molecule has 2 aromatic rings. The molecule has 104 valence electrons. The fourth-order valence-electron chi connectivity index (χ4n) is 2.68. The summed E-state index contributed by atoms with van der Waals surface area (Å²) in [5.41, 5.74) is 2.78. The number of aryl methyl sites for hydroxylation is 1. The number of ether oxygens (including phenoxy) is 1. The first-order valence-corrected chi connectivity index (χ1v) is 6.76. The van der Waals surface area contributed by atoms with Crippen LogP contribution in [-0.4, -0.2) is 13.1 Å². The summed E-state index contributed by atoms with van der Waals surface area (Å²) in [5.74, 6) is 0.549. The minimum absolute atomic E-state index is 0.246. The van der Waals surface area contributed by atoms with Crippen LogP contribution in [0.2, 0.25) is 0 Å². The number of carbonyl (C=O) groups excluding carboxylic acids is 1. The van der Waals surface area contributed by atoms with Gasteiger partial charge < -0.3 is 14.5 Å². The lowest BCUT2D eigenvalue weighted by atomic mass is 10.1. The van der Waals surface area contributed by atoms with Gasteiger partial charge in [-0.1, -0.05) is 24.3 Å². The van der Waals surface area contributed by atoms with E-state index in [0.29, 0.717) is 12.6 Å². The van der Waals surface area contributed by atoms with E-state index >= 15 is 0 Å². The van der Waals surface area contributed by atoms with Crippen molar-refractivity contribution in [2.45, 2.75) is 25.4 Å². The van der Waals surface area contributed by atoms with E-state index in [1.54, 1.807) is 12.1 Å². The summed E-state index contributed by atoms with van der Waals surface area (Å²) >= 11 is 0. The SMILES string of the molecule is COC(=O)c1ccc(CNC2CCc3ccccc32)o1. The standard InChI is InChI=1S/C16H17NO3/c1-19-16(18)15-9-7-12(20-15)10-17-14-8-6-11-4-2-3-5-13(11)14/h2-5,7,9,14,17H,6,8,10H2,1H3. The summed E-state index contributed by atoms with van der Waals surface area (Å²) in [6, 6.07) is 12.3. The van der Waals surface area contributed by atoms with Crippen LogP contribution in [-0.2, 0) is 17.7 Å². The number of furan rings is 1. The van der Waals surface area contributed by atoms with Crippen molar-refractivity contribution in [3.63, 3.8) is 0 Å². The van der Waals surface area contributed by atoms with Gasteiger partial charge in [-0.15, -0.1) is 0 Å². The second kappa shape index (κ2) is 5.51. The molecule has 1 heterocycles. The molecule has 0 radical (unpaired) electrons. The molecule has 1 N–H and O–H groups in total. The molecule has 3 rings (SSSR count). The summed E-state index contributed by atoms with van der Waals surface area (Å²) in [6.45, 7) is 0.607. The normalized spacial score (nSPS) is 16.9. The Balaban J connectivity index is 1.63. The van der Waals surface area contributed by atoms with E-state index in [1.165, 1.54) is 18.2 Å². The van der Waals surface area contributed by atoms with Crippen LogP contribution in [0, 0.1) is 0 Å². The number of hydrogen-bond acceptors (Lipinski definition) is 4. The number of carbonyl (C=O) groups is 1. The van der Waals surface area contributed by atoms with Gasteiger partial charge in [0.25, 0.3) is 0 Å². The Morgan fingerprint density at radius 1 is 1.35 bits per heavy atom. The van der Waals surface area contributed by atoms with Gasteiger partial charge in [-0.3, -0.25) is 0 Å². The Labute approximate surface area is 117 Å². The molecule has 1 aliphatic rings. The minimum Gasteiger partial charge on any atom is -0.463 e.